The fourth-order valence-electron chi connectivity index (χ4n) is 4.00. The number of H-pyrrole nitrogens is 1. The summed E-state index contributed by atoms with van der Waals surface area (Å²) in [6.07, 6.45) is -4.03. The Morgan fingerprint density at radius 2 is 1.77 bits per heavy atom. The molecule has 0 fully saturated rings. The molecular weight excluding hydrogens is 487 g/mol. The van der Waals surface area contributed by atoms with E-state index in [1.165, 1.54) is 50.4 Å². The Balaban J connectivity index is 2.09. The molecule has 186 valence electrons. The molecule has 1 aromatic heterocycles. The zero-order chi connectivity index (χ0) is 26.1. The molecule has 35 heavy (non-hydrogen) atoms. The number of aromatic nitrogens is 1. The molecule has 0 radical (unpaired) electrons. The number of rotatable bonds is 7. The molecule has 10 heteroatoms. The van der Waals surface area contributed by atoms with Crippen LogP contribution in [0.1, 0.15) is 46.8 Å². The summed E-state index contributed by atoms with van der Waals surface area (Å²) >= 11 is 6.40. The van der Waals surface area contributed by atoms with Crippen molar-refractivity contribution < 1.29 is 32.9 Å². The monoisotopic (exact) mass is 509 g/mol. The molecule has 0 spiro atoms. The van der Waals surface area contributed by atoms with Crippen molar-refractivity contribution >= 4 is 17.6 Å². The molecule has 2 atom stereocenters. The molecular formula is C25H23ClF3NO5. The number of ether oxygens (including phenoxy) is 1. The van der Waals surface area contributed by atoms with Gasteiger partial charge in [0.2, 0.25) is 0 Å². The van der Waals surface area contributed by atoms with E-state index in [2.05, 4.69) is 4.98 Å². The third kappa shape index (κ3) is 4.78. The van der Waals surface area contributed by atoms with Crippen molar-refractivity contribution in [3.8, 4) is 16.9 Å². The van der Waals surface area contributed by atoms with Gasteiger partial charge in [0, 0.05) is 28.3 Å². The number of aryl methyl sites for hydroxylation is 1. The molecule has 0 bridgehead atoms. The van der Waals surface area contributed by atoms with Crippen LogP contribution in [0.15, 0.2) is 53.5 Å². The Labute approximate surface area is 204 Å². The van der Waals surface area contributed by atoms with Crippen molar-refractivity contribution in [1.82, 2.24) is 4.98 Å². The summed E-state index contributed by atoms with van der Waals surface area (Å²) in [5, 5.41) is 20.3. The van der Waals surface area contributed by atoms with Gasteiger partial charge in [0.25, 0.3) is 5.56 Å². The van der Waals surface area contributed by atoms with E-state index >= 15 is 0 Å². The highest BCUT2D eigenvalue weighted by atomic mass is 35.5. The van der Waals surface area contributed by atoms with Crippen molar-refractivity contribution in [2.24, 2.45) is 0 Å². The number of hydrogen-bond donors (Lipinski definition) is 3. The molecule has 3 rings (SSSR count). The first kappa shape index (κ1) is 26.3. The highest BCUT2D eigenvalue weighted by Crippen LogP contribution is 2.50. The van der Waals surface area contributed by atoms with Crippen LogP contribution >= 0.6 is 11.6 Å². The van der Waals surface area contributed by atoms with Crippen molar-refractivity contribution in [3.63, 3.8) is 0 Å². The minimum Gasteiger partial charge on any atom is -0.496 e. The number of aromatic carboxylic acids is 1. The smallest absolute Gasteiger partial charge is 0.422 e. The Kier molecular flexibility index (Phi) is 7.33. The summed E-state index contributed by atoms with van der Waals surface area (Å²) in [6, 6.07) is 9.75. The van der Waals surface area contributed by atoms with Crippen LogP contribution in [0, 0.1) is 0 Å². The molecule has 3 aromatic rings. The molecule has 0 amide bonds. The number of carboxylic acid groups (broad SMARTS) is 1. The van der Waals surface area contributed by atoms with Gasteiger partial charge in [0.1, 0.15) is 11.3 Å². The third-order valence-electron chi connectivity index (χ3n) is 6.09. The fraction of sp³-hybridized carbons (Fsp3) is 0.280. The first-order valence-corrected chi connectivity index (χ1v) is 10.9. The van der Waals surface area contributed by atoms with E-state index in [9.17, 15) is 33.0 Å². The van der Waals surface area contributed by atoms with Gasteiger partial charge in [-0.3, -0.25) is 4.79 Å². The standard InChI is InChI=1S/C25H23ClF3NO5/c1-4-14-9-17(12-30-22(14)31)24(34,25(27,28)29)13(2)18-7-5-15(10-20(18)26)16-6-8-19(23(32)33)21(11-16)35-3/h5-13,34H,4H2,1-3H3,(H,30,31)(H,32,33). The molecule has 1 heterocycles. The van der Waals surface area contributed by atoms with Gasteiger partial charge in [-0.05, 0) is 47.4 Å². The van der Waals surface area contributed by atoms with Crippen molar-refractivity contribution in [2.45, 2.75) is 38.0 Å². The number of aliphatic hydroxyl groups is 1. The summed E-state index contributed by atoms with van der Waals surface area (Å²) in [4.78, 5) is 25.5. The van der Waals surface area contributed by atoms with E-state index in [0.29, 0.717) is 11.1 Å². The molecule has 0 saturated heterocycles. The van der Waals surface area contributed by atoms with Crippen LogP contribution in [-0.4, -0.2) is 34.5 Å². The van der Waals surface area contributed by atoms with Crippen LogP contribution in [0.4, 0.5) is 13.2 Å². The SMILES string of the molecule is CCc1cc(C(O)(C(C)c2ccc(-c3ccc(C(=O)O)c(OC)c3)cc2Cl)C(F)(F)F)c[nH]c1=O. The van der Waals surface area contributed by atoms with Crippen LogP contribution in [0.2, 0.25) is 5.02 Å². The number of carbonyl (C=O) groups is 1. The highest BCUT2D eigenvalue weighted by molar-refractivity contribution is 6.31. The van der Waals surface area contributed by atoms with Gasteiger partial charge >= 0.3 is 12.1 Å². The molecule has 3 N–H and O–H groups in total. The number of halogens is 4. The van der Waals surface area contributed by atoms with Crippen molar-refractivity contribution in [2.75, 3.05) is 7.11 Å². The topological polar surface area (TPSA) is 99.6 Å². The maximum Gasteiger partial charge on any atom is 0.422 e. The van der Waals surface area contributed by atoms with Crippen LogP contribution in [-0.2, 0) is 12.0 Å². The Bertz CT molecular complexity index is 1320. The molecule has 0 aliphatic rings. The maximum absolute atomic E-state index is 14.3. The lowest BCUT2D eigenvalue weighted by molar-refractivity contribution is -0.274. The molecule has 6 nitrogen and oxygen atoms in total. The maximum atomic E-state index is 14.3. The molecule has 0 aliphatic heterocycles. The quantitative estimate of drug-likeness (QED) is 0.389. The normalized spacial score (nSPS) is 14.3. The van der Waals surface area contributed by atoms with Gasteiger partial charge in [-0.2, -0.15) is 13.2 Å². The minimum atomic E-state index is -5.09. The predicted molar refractivity (Wildman–Crippen MR) is 125 cm³/mol. The number of pyridine rings is 1. The number of aromatic amines is 1. The van der Waals surface area contributed by atoms with Crippen LogP contribution in [0.5, 0.6) is 5.75 Å². The number of nitrogens with one attached hydrogen (secondary N) is 1. The van der Waals surface area contributed by atoms with E-state index in [1.54, 1.807) is 6.92 Å². The van der Waals surface area contributed by atoms with E-state index in [-0.39, 0.29) is 33.9 Å². The highest BCUT2D eigenvalue weighted by Gasteiger charge is 2.59. The largest absolute Gasteiger partial charge is 0.496 e. The number of hydrogen-bond acceptors (Lipinski definition) is 4. The zero-order valence-electron chi connectivity index (χ0n) is 19.0. The van der Waals surface area contributed by atoms with Crippen molar-refractivity contribution in [3.05, 3.63) is 86.3 Å². The second-order valence-electron chi connectivity index (χ2n) is 8.04. The zero-order valence-corrected chi connectivity index (χ0v) is 19.8. The third-order valence-corrected chi connectivity index (χ3v) is 6.42. The minimum absolute atomic E-state index is 0.0286. The van der Waals surface area contributed by atoms with E-state index in [0.717, 1.165) is 12.3 Å². The van der Waals surface area contributed by atoms with Gasteiger partial charge in [-0.15, -0.1) is 0 Å². The molecule has 2 aromatic carbocycles. The lowest BCUT2D eigenvalue weighted by Crippen LogP contribution is -2.47. The summed E-state index contributed by atoms with van der Waals surface area (Å²) in [7, 11) is 1.32. The van der Waals surface area contributed by atoms with Gasteiger partial charge in [0.05, 0.1) is 7.11 Å². The first-order chi connectivity index (χ1) is 16.3. The van der Waals surface area contributed by atoms with Crippen molar-refractivity contribution in [1.29, 1.82) is 0 Å². The molecule has 0 aliphatic carbocycles. The average molecular weight is 510 g/mol. The number of alkyl halides is 3. The summed E-state index contributed by atoms with van der Waals surface area (Å²) in [5.74, 6) is -2.60. The summed E-state index contributed by atoms with van der Waals surface area (Å²) in [5.41, 5.74) is -3.22. The second-order valence-corrected chi connectivity index (χ2v) is 8.45. The lowest BCUT2D eigenvalue weighted by atomic mass is 9.77. The fourth-order valence-corrected chi connectivity index (χ4v) is 4.35. The Morgan fingerprint density at radius 1 is 1.14 bits per heavy atom. The van der Waals surface area contributed by atoms with Gasteiger partial charge in [0.15, 0.2) is 5.60 Å². The Hall–Kier alpha value is -3.30. The first-order valence-electron chi connectivity index (χ1n) is 10.6. The van der Waals surface area contributed by atoms with E-state index < -0.39 is 34.8 Å². The average Bonchev–Trinajstić information content (AvgIpc) is 2.82. The number of benzene rings is 2. The van der Waals surface area contributed by atoms with E-state index in [1.807, 2.05) is 0 Å². The second kappa shape index (κ2) is 9.75. The van der Waals surface area contributed by atoms with Crippen LogP contribution < -0.4 is 10.3 Å². The Morgan fingerprint density at radius 3 is 2.31 bits per heavy atom. The van der Waals surface area contributed by atoms with E-state index in [4.69, 9.17) is 16.3 Å². The van der Waals surface area contributed by atoms with Gasteiger partial charge in [-0.1, -0.05) is 43.6 Å². The molecule has 2 unspecified atom stereocenters. The van der Waals surface area contributed by atoms with Gasteiger partial charge in [-0.25, -0.2) is 4.79 Å². The molecule has 0 saturated carbocycles. The summed E-state index contributed by atoms with van der Waals surface area (Å²) < 4.78 is 48.0. The van der Waals surface area contributed by atoms with Crippen LogP contribution in [0.25, 0.3) is 11.1 Å². The van der Waals surface area contributed by atoms with Crippen LogP contribution in [0.3, 0.4) is 0 Å². The number of methoxy groups -OCH3 is 1. The van der Waals surface area contributed by atoms with Gasteiger partial charge < -0.3 is 19.9 Å². The lowest BCUT2D eigenvalue weighted by Gasteiger charge is -2.37. The predicted octanol–water partition coefficient (Wildman–Crippen LogP) is 5.52. The summed E-state index contributed by atoms with van der Waals surface area (Å²) in [6.45, 7) is 2.83. The number of carboxylic acids is 1.